The lowest BCUT2D eigenvalue weighted by Crippen LogP contribution is -2.40. The molecule has 16 heavy (non-hydrogen) atoms. The second kappa shape index (κ2) is 6.60. The lowest BCUT2D eigenvalue weighted by molar-refractivity contribution is -0.139. The molecule has 1 fully saturated rings. The van der Waals surface area contributed by atoms with E-state index >= 15 is 0 Å². The van der Waals surface area contributed by atoms with Crippen molar-refractivity contribution in [2.75, 3.05) is 13.7 Å². The SMILES string of the molecule is COC(=O)C(Br)CNC1CC(C)CC(C)C1. The summed E-state index contributed by atoms with van der Waals surface area (Å²) < 4.78 is 4.67. The largest absolute Gasteiger partial charge is 0.468 e. The number of ether oxygens (including phenoxy) is 1. The Morgan fingerprint density at radius 3 is 2.44 bits per heavy atom. The van der Waals surface area contributed by atoms with Gasteiger partial charge in [0.15, 0.2) is 0 Å². The fraction of sp³-hybridized carbons (Fsp3) is 0.917. The summed E-state index contributed by atoms with van der Waals surface area (Å²) in [6, 6.07) is 0.545. The third-order valence-electron chi connectivity index (χ3n) is 3.22. The third-order valence-corrected chi connectivity index (χ3v) is 3.92. The highest BCUT2D eigenvalue weighted by atomic mass is 79.9. The van der Waals surface area contributed by atoms with E-state index in [2.05, 4.69) is 39.8 Å². The van der Waals surface area contributed by atoms with Crippen molar-refractivity contribution in [1.29, 1.82) is 0 Å². The summed E-state index contributed by atoms with van der Waals surface area (Å²) in [7, 11) is 1.42. The molecule has 1 N–H and O–H groups in total. The number of alkyl halides is 1. The van der Waals surface area contributed by atoms with E-state index in [0.29, 0.717) is 12.6 Å². The number of methoxy groups -OCH3 is 1. The summed E-state index contributed by atoms with van der Waals surface area (Å²) in [5.74, 6) is 1.37. The molecule has 0 aromatic carbocycles. The first-order valence-electron chi connectivity index (χ1n) is 5.98. The first-order chi connectivity index (χ1) is 7.52. The molecular formula is C12H22BrNO2. The number of rotatable bonds is 4. The van der Waals surface area contributed by atoms with Crippen molar-refractivity contribution in [2.24, 2.45) is 11.8 Å². The van der Waals surface area contributed by atoms with Crippen LogP contribution in [0.25, 0.3) is 0 Å². The molecule has 0 heterocycles. The molecule has 0 radical (unpaired) electrons. The van der Waals surface area contributed by atoms with Crippen LogP contribution in [0.2, 0.25) is 0 Å². The smallest absolute Gasteiger partial charge is 0.320 e. The highest BCUT2D eigenvalue weighted by Crippen LogP contribution is 2.28. The van der Waals surface area contributed by atoms with Crippen LogP contribution in [0.5, 0.6) is 0 Å². The van der Waals surface area contributed by atoms with Gasteiger partial charge in [-0.3, -0.25) is 4.79 Å². The number of hydrogen-bond donors (Lipinski definition) is 1. The Labute approximate surface area is 106 Å². The molecular weight excluding hydrogens is 270 g/mol. The van der Waals surface area contributed by atoms with Gasteiger partial charge in [0, 0.05) is 12.6 Å². The van der Waals surface area contributed by atoms with Crippen LogP contribution in [-0.4, -0.2) is 30.5 Å². The molecule has 0 bridgehead atoms. The first-order valence-corrected chi connectivity index (χ1v) is 6.89. The maximum Gasteiger partial charge on any atom is 0.320 e. The average molecular weight is 292 g/mol. The Morgan fingerprint density at radius 1 is 1.38 bits per heavy atom. The predicted molar refractivity (Wildman–Crippen MR) is 68.7 cm³/mol. The summed E-state index contributed by atoms with van der Waals surface area (Å²) in [6.45, 7) is 5.25. The fourth-order valence-electron chi connectivity index (χ4n) is 2.59. The van der Waals surface area contributed by atoms with Gasteiger partial charge in [-0.25, -0.2) is 0 Å². The van der Waals surface area contributed by atoms with Crippen molar-refractivity contribution in [3.05, 3.63) is 0 Å². The normalized spacial score (nSPS) is 32.1. The van der Waals surface area contributed by atoms with Crippen LogP contribution >= 0.6 is 15.9 Å². The van der Waals surface area contributed by atoms with Gasteiger partial charge in [0.25, 0.3) is 0 Å². The van der Waals surface area contributed by atoms with Crippen molar-refractivity contribution in [3.8, 4) is 0 Å². The number of carbonyl (C=O) groups is 1. The van der Waals surface area contributed by atoms with Gasteiger partial charge in [-0.2, -0.15) is 0 Å². The quantitative estimate of drug-likeness (QED) is 0.638. The Morgan fingerprint density at radius 2 is 1.94 bits per heavy atom. The van der Waals surface area contributed by atoms with Gasteiger partial charge in [-0.1, -0.05) is 29.8 Å². The van der Waals surface area contributed by atoms with Crippen LogP contribution in [0.15, 0.2) is 0 Å². The summed E-state index contributed by atoms with van der Waals surface area (Å²) in [5, 5.41) is 3.45. The summed E-state index contributed by atoms with van der Waals surface area (Å²) >= 11 is 3.32. The Hall–Kier alpha value is -0.0900. The van der Waals surface area contributed by atoms with E-state index in [1.165, 1.54) is 26.4 Å². The van der Waals surface area contributed by atoms with Gasteiger partial charge in [-0.15, -0.1) is 0 Å². The molecule has 0 aromatic rings. The van der Waals surface area contributed by atoms with Crippen molar-refractivity contribution < 1.29 is 9.53 Å². The van der Waals surface area contributed by atoms with Crippen LogP contribution in [0.3, 0.4) is 0 Å². The molecule has 3 unspecified atom stereocenters. The topological polar surface area (TPSA) is 38.3 Å². The lowest BCUT2D eigenvalue weighted by atomic mass is 9.80. The molecule has 1 aliphatic rings. The standard InChI is InChI=1S/C12H22BrNO2/c1-8-4-9(2)6-10(5-8)14-7-11(13)12(15)16-3/h8-11,14H,4-7H2,1-3H3. The molecule has 3 nitrogen and oxygen atoms in total. The molecule has 4 heteroatoms. The molecule has 0 spiro atoms. The molecule has 1 saturated carbocycles. The zero-order valence-electron chi connectivity index (χ0n) is 10.3. The van der Waals surface area contributed by atoms with Crippen molar-refractivity contribution >= 4 is 21.9 Å². The highest BCUT2D eigenvalue weighted by molar-refractivity contribution is 9.10. The zero-order valence-corrected chi connectivity index (χ0v) is 11.9. The van der Waals surface area contributed by atoms with Crippen molar-refractivity contribution in [2.45, 2.75) is 44.0 Å². The fourth-order valence-corrected chi connectivity index (χ4v) is 2.97. The molecule has 0 amide bonds. The molecule has 0 saturated heterocycles. The van der Waals surface area contributed by atoms with Gasteiger partial charge in [0.2, 0.25) is 0 Å². The maximum atomic E-state index is 11.2. The van der Waals surface area contributed by atoms with Crippen LogP contribution in [-0.2, 0) is 9.53 Å². The van der Waals surface area contributed by atoms with Crippen LogP contribution in [0.1, 0.15) is 33.1 Å². The van der Waals surface area contributed by atoms with E-state index in [4.69, 9.17) is 0 Å². The van der Waals surface area contributed by atoms with E-state index in [-0.39, 0.29) is 10.8 Å². The van der Waals surface area contributed by atoms with Crippen LogP contribution in [0, 0.1) is 11.8 Å². The Balaban J connectivity index is 2.29. The third kappa shape index (κ3) is 4.42. The minimum Gasteiger partial charge on any atom is -0.468 e. The maximum absolute atomic E-state index is 11.2. The minimum absolute atomic E-state index is 0.204. The van der Waals surface area contributed by atoms with Gasteiger partial charge in [0.05, 0.1) is 7.11 Å². The summed E-state index contributed by atoms with van der Waals surface area (Å²) in [4.78, 5) is 11.0. The van der Waals surface area contributed by atoms with Crippen molar-refractivity contribution in [3.63, 3.8) is 0 Å². The molecule has 1 aliphatic carbocycles. The average Bonchev–Trinajstić information content (AvgIpc) is 2.23. The van der Waals surface area contributed by atoms with Gasteiger partial charge in [-0.05, 0) is 31.1 Å². The Bertz CT molecular complexity index is 225. The van der Waals surface area contributed by atoms with Gasteiger partial charge in [0.1, 0.15) is 4.83 Å². The number of esters is 1. The minimum atomic E-state index is -0.231. The second-order valence-electron chi connectivity index (χ2n) is 5.01. The second-order valence-corrected chi connectivity index (χ2v) is 6.12. The van der Waals surface area contributed by atoms with E-state index in [9.17, 15) is 4.79 Å². The molecule has 1 rings (SSSR count). The van der Waals surface area contributed by atoms with E-state index < -0.39 is 0 Å². The Kier molecular flexibility index (Phi) is 5.76. The zero-order chi connectivity index (χ0) is 12.1. The number of halogens is 1. The first kappa shape index (κ1) is 14.0. The van der Waals surface area contributed by atoms with E-state index in [1.807, 2.05) is 0 Å². The number of hydrogen-bond acceptors (Lipinski definition) is 3. The van der Waals surface area contributed by atoms with E-state index in [0.717, 1.165) is 11.8 Å². The monoisotopic (exact) mass is 291 g/mol. The molecule has 0 aromatic heterocycles. The highest BCUT2D eigenvalue weighted by Gasteiger charge is 2.25. The van der Waals surface area contributed by atoms with Gasteiger partial charge >= 0.3 is 5.97 Å². The van der Waals surface area contributed by atoms with Gasteiger partial charge < -0.3 is 10.1 Å². The number of nitrogens with one attached hydrogen (secondary N) is 1. The lowest BCUT2D eigenvalue weighted by Gasteiger charge is -2.32. The molecule has 94 valence electrons. The molecule has 3 atom stereocenters. The summed E-state index contributed by atoms with van der Waals surface area (Å²) in [5.41, 5.74) is 0. The van der Waals surface area contributed by atoms with Crippen LogP contribution in [0.4, 0.5) is 0 Å². The molecule has 0 aliphatic heterocycles. The number of carbonyl (C=O) groups excluding carboxylic acids is 1. The van der Waals surface area contributed by atoms with Crippen LogP contribution < -0.4 is 5.32 Å². The van der Waals surface area contributed by atoms with Crippen molar-refractivity contribution in [1.82, 2.24) is 5.32 Å². The summed E-state index contributed by atoms with van der Waals surface area (Å²) in [6.07, 6.45) is 3.75. The predicted octanol–water partition coefficient (Wildman–Crippen LogP) is 2.34. The van der Waals surface area contributed by atoms with E-state index in [1.54, 1.807) is 0 Å².